The zero-order valence-corrected chi connectivity index (χ0v) is 24.9. The van der Waals surface area contributed by atoms with Crippen LogP contribution >= 0.6 is 0 Å². The van der Waals surface area contributed by atoms with Gasteiger partial charge in [0.2, 0.25) is 5.91 Å². The number of fused-ring (bicyclic) bond motifs is 3. The smallest absolute Gasteiger partial charge is 0.319 e. The summed E-state index contributed by atoms with van der Waals surface area (Å²) < 4.78 is 0. The number of nitrogens with zero attached hydrogens (tertiary/aromatic N) is 1. The van der Waals surface area contributed by atoms with E-state index in [1.165, 1.54) is 25.1 Å². The number of aromatic hydroxyl groups is 1. The fraction of sp³-hybridized carbons (Fsp3) is 0.438. The Labute approximate surface area is 254 Å². The minimum absolute atomic E-state index is 0.0344. The number of ketones is 4. The van der Waals surface area contributed by atoms with Crippen LogP contribution in [0, 0.1) is 29.6 Å². The largest absolute Gasteiger partial charge is 0.507 e. The summed E-state index contributed by atoms with van der Waals surface area (Å²) in [6.45, 7) is 4.49. The van der Waals surface area contributed by atoms with Crippen LogP contribution in [0.5, 0.6) is 5.75 Å². The van der Waals surface area contributed by atoms with Gasteiger partial charge in [0.05, 0.1) is 17.5 Å². The Balaban J connectivity index is 1.51. The summed E-state index contributed by atoms with van der Waals surface area (Å²) in [5, 5.41) is 28.0. The van der Waals surface area contributed by atoms with Crippen LogP contribution in [0.15, 0.2) is 36.4 Å². The van der Waals surface area contributed by atoms with Gasteiger partial charge < -0.3 is 26.6 Å². The number of anilines is 1. The fourth-order valence-corrected chi connectivity index (χ4v) is 7.08. The standard InChI is InChI=1S/C32H36N4O8/c1-14(2)13-34-31(43)35-17-7-5-15(6-8-17)18-9-10-21(37)23-19(18)11-16-12-20-25(36(3)4)27(39)24(30(33)42)29(41)32(20,44)28(40)22(16)26(23)38/h5-10,14,16,20,22,24-25,37,44H,11-13H2,1-4H3,(H2,33,42)(H2,34,35,43)/t16-,20-,22?,24?,25-,32-/m0/s1. The molecule has 12 heteroatoms. The van der Waals surface area contributed by atoms with E-state index in [9.17, 15) is 39.0 Å². The van der Waals surface area contributed by atoms with Crippen molar-refractivity contribution in [3.8, 4) is 16.9 Å². The van der Waals surface area contributed by atoms with Crippen molar-refractivity contribution in [2.45, 2.75) is 38.3 Å². The van der Waals surface area contributed by atoms with Gasteiger partial charge in [-0.15, -0.1) is 0 Å². The molecule has 0 bridgehead atoms. The molecule has 0 aliphatic heterocycles. The van der Waals surface area contributed by atoms with Crippen molar-refractivity contribution < 1.29 is 39.0 Å². The lowest BCUT2D eigenvalue weighted by molar-refractivity contribution is -0.181. The number of urea groups is 1. The molecule has 0 heterocycles. The average molecular weight is 605 g/mol. The number of hydrogen-bond acceptors (Lipinski definition) is 9. The van der Waals surface area contributed by atoms with Crippen LogP contribution in [-0.2, 0) is 25.6 Å². The number of benzene rings is 2. The van der Waals surface area contributed by atoms with Crippen molar-refractivity contribution in [3.05, 3.63) is 47.5 Å². The Morgan fingerprint density at radius 1 is 1.05 bits per heavy atom. The molecule has 44 heavy (non-hydrogen) atoms. The van der Waals surface area contributed by atoms with Gasteiger partial charge in [0.25, 0.3) is 0 Å². The number of aliphatic hydroxyl groups is 1. The number of carbonyl (C=O) groups is 6. The predicted molar refractivity (Wildman–Crippen MR) is 159 cm³/mol. The Morgan fingerprint density at radius 3 is 2.30 bits per heavy atom. The van der Waals surface area contributed by atoms with Crippen LogP contribution in [0.1, 0.15) is 36.2 Å². The van der Waals surface area contributed by atoms with Gasteiger partial charge in [-0.3, -0.25) is 28.9 Å². The number of rotatable bonds is 6. The lowest BCUT2D eigenvalue weighted by Gasteiger charge is -2.52. The van der Waals surface area contributed by atoms with Gasteiger partial charge in [-0.25, -0.2) is 4.79 Å². The molecule has 0 spiro atoms. The van der Waals surface area contributed by atoms with Crippen LogP contribution in [0.3, 0.4) is 0 Å². The second kappa shape index (κ2) is 11.3. The molecule has 0 radical (unpaired) electrons. The van der Waals surface area contributed by atoms with Crippen molar-refractivity contribution in [1.29, 1.82) is 0 Å². The van der Waals surface area contributed by atoms with Crippen LogP contribution in [-0.4, -0.2) is 82.5 Å². The summed E-state index contributed by atoms with van der Waals surface area (Å²) in [6, 6.07) is 8.43. The van der Waals surface area contributed by atoms with E-state index in [4.69, 9.17) is 5.73 Å². The summed E-state index contributed by atoms with van der Waals surface area (Å²) in [6.07, 6.45) is 0.112. The quantitative estimate of drug-likeness (QED) is 0.302. The SMILES string of the molecule is CC(C)CNC(=O)Nc1ccc(-c2ccc(O)c3c2C[C@H]2C[C@H]4[C@H](N(C)C)C(=O)C(C(N)=O)C(=O)[C@@]4(O)C(=O)C2C3=O)cc1. The summed E-state index contributed by atoms with van der Waals surface area (Å²) in [4.78, 5) is 80.4. The summed E-state index contributed by atoms with van der Waals surface area (Å²) in [5.74, 6) is -10.6. The second-order valence-electron chi connectivity index (χ2n) is 12.6. The number of phenols is 1. The highest BCUT2D eigenvalue weighted by atomic mass is 16.3. The van der Waals surface area contributed by atoms with Crippen LogP contribution in [0.2, 0.25) is 0 Å². The summed E-state index contributed by atoms with van der Waals surface area (Å²) in [7, 11) is 3.08. The van der Waals surface area contributed by atoms with E-state index in [0.29, 0.717) is 34.8 Å². The maximum absolute atomic E-state index is 14.0. The van der Waals surface area contributed by atoms with Gasteiger partial charge in [-0.05, 0) is 73.7 Å². The van der Waals surface area contributed by atoms with Crippen molar-refractivity contribution in [2.24, 2.45) is 35.3 Å². The molecule has 232 valence electrons. The van der Waals surface area contributed by atoms with Crippen molar-refractivity contribution in [1.82, 2.24) is 10.2 Å². The number of amides is 3. The van der Waals surface area contributed by atoms with Gasteiger partial charge in [-0.1, -0.05) is 32.0 Å². The third-order valence-electron chi connectivity index (χ3n) is 9.07. The first kappa shape index (κ1) is 31.0. The summed E-state index contributed by atoms with van der Waals surface area (Å²) in [5.41, 5.74) is 4.88. The van der Waals surface area contributed by atoms with E-state index < -0.39 is 64.4 Å². The number of Topliss-reactive ketones (excluding diaryl/α,β-unsaturated/α-hetero) is 4. The summed E-state index contributed by atoms with van der Waals surface area (Å²) >= 11 is 0. The highest BCUT2D eigenvalue weighted by molar-refractivity contribution is 6.32. The molecule has 5 rings (SSSR count). The monoisotopic (exact) mass is 604 g/mol. The fourth-order valence-electron chi connectivity index (χ4n) is 7.08. The molecule has 2 saturated carbocycles. The minimum atomic E-state index is -2.77. The van der Waals surface area contributed by atoms with E-state index in [1.54, 1.807) is 30.3 Å². The van der Waals surface area contributed by atoms with Gasteiger partial charge in [0.15, 0.2) is 34.7 Å². The van der Waals surface area contributed by atoms with E-state index in [1.807, 2.05) is 13.8 Å². The lowest BCUT2D eigenvalue weighted by atomic mass is 9.52. The van der Waals surface area contributed by atoms with Crippen molar-refractivity contribution in [2.75, 3.05) is 26.0 Å². The second-order valence-corrected chi connectivity index (χ2v) is 12.6. The topological polar surface area (TPSA) is 196 Å². The number of hydrogen-bond donors (Lipinski definition) is 5. The highest BCUT2D eigenvalue weighted by Crippen LogP contribution is 2.51. The number of nitrogens with one attached hydrogen (secondary N) is 2. The molecule has 3 aliphatic rings. The van der Waals surface area contributed by atoms with Gasteiger partial charge in [0, 0.05) is 18.2 Å². The van der Waals surface area contributed by atoms with Crippen molar-refractivity contribution in [3.63, 3.8) is 0 Å². The first-order valence-corrected chi connectivity index (χ1v) is 14.5. The number of primary amides is 1. The molecule has 2 fully saturated rings. The van der Waals surface area contributed by atoms with Crippen LogP contribution < -0.4 is 16.4 Å². The zero-order chi connectivity index (χ0) is 32.2. The Bertz CT molecular complexity index is 1580. The predicted octanol–water partition coefficient (Wildman–Crippen LogP) is 1.31. The normalized spacial score (nSPS) is 27.9. The third kappa shape index (κ3) is 4.87. The molecule has 3 amide bonds. The molecular formula is C32H36N4O8. The van der Waals surface area contributed by atoms with Gasteiger partial charge in [0.1, 0.15) is 5.75 Å². The molecular weight excluding hydrogens is 568 g/mol. The number of nitrogens with two attached hydrogens (primary N) is 1. The van der Waals surface area contributed by atoms with Crippen LogP contribution in [0.4, 0.5) is 10.5 Å². The molecule has 12 nitrogen and oxygen atoms in total. The van der Waals surface area contributed by atoms with Crippen molar-refractivity contribution >= 4 is 40.8 Å². The van der Waals surface area contributed by atoms with Crippen LogP contribution in [0.25, 0.3) is 11.1 Å². The zero-order valence-electron chi connectivity index (χ0n) is 24.9. The Morgan fingerprint density at radius 2 is 1.70 bits per heavy atom. The first-order chi connectivity index (χ1) is 20.7. The highest BCUT2D eigenvalue weighted by Gasteiger charge is 2.69. The molecule has 3 aliphatic carbocycles. The number of carbonyl (C=O) groups excluding carboxylic acids is 6. The molecule has 2 aromatic rings. The van der Waals surface area contributed by atoms with Gasteiger partial charge >= 0.3 is 6.03 Å². The van der Waals surface area contributed by atoms with E-state index in [-0.39, 0.29) is 30.2 Å². The molecule has 6 atom stereocenters. The van der Waals surface area contributed by atoms with E-state index in [2.05, 4.69) is 10.6 Å². The molecule has 6 N–H and O–H groups in total. The van der Waals surface area contributed by atoms with E-state index >= 15 is 0 Å². The van der Waals surface area contributed by atoms with E-state index in [0.717, 1.165) is 0 Å². The minimum Gasteiger partial charge on any atom is -0.507 e. The number of phenolic OH excluding ortho intramolecular Hbond substituents is 1. The average Bonchev–Trinajstić information content (AvgIpc) is 2.94. The molecule has 2 unspecified atom stereocenters. The maximum Gasteiger partial charge on any atom is 0.319 e. The molecule has 2 aromatic carbocycles. The first-order valence-electron chi connectivity index (χ1n) is 14.5. The number of likely N-dealkylation sites (N-methyl/N-ethyl adjacent to an activating group) is 1. The molecule has 0 saturated heterocycles. The third-order valence-corrected chi connectivity index (χ3v) is 9.07. The maximum atomic E-state index is 14.0. The van der Waals surface area contributed by atoms with Gasteiger partial charge in [-0.2, -0.15) is 0 Å². The Kier molecular flexibility index (Phi) is 7.93. The lowest BCUT2D eigenvalue weighted by Crippen LogP contribution is -2.74. The molecule has 0 aromatic heterocycles. The Hall–Kier alpha value is -4.42.